The molecule has 15 heteroatoms. The van der Waals surface area contributed by atoms with E-state index in [0.717, 1.165) is 29.0 Å². The molecule has 0 aliphatic rings. The first-order chi connectivity index (χ1) is 19.0. The smallest absolute Gasteiger partial charge is 0.252 e. The molecule has 208 valence electrons. The van der Waals surface area contributed by atoms with Gasteiger partial charge in [0, 0.05) is 34.3 Å². The highest BCUT2D eigenvalue weighted by atomic mass is 35.5. The topological polar surface area (TPSA) is 134 Å². The normalized spacial score (nSPS) is 11.9. The third kappa shape index (κ3) is 6.10. The molecular formula is C25H19Cl2F3N6O4. The second-order valence-corrected chi connectivity index (χ2v) is 9.16. The Labute approximate surface area is 234 Å². The van der Waals surface area contributed by atoms with Crippen LogP contribution in [0.2, 0.25) is 10.2 Å². The van der Waals surface area contributed by atoms with Gasteiger partial charge in [-0.15, -0.1) is 5.10 Å². The van der Waals surface area contributed by atoms with Crippen LogP contribution in [0.5, 0.6) is 5.75 Å². The van der Waals surface area contributed by atoms with E-state index in [1.54, 1.807) is 12.1 Å². The molecule has 0 radical (unpaired) electrons. The largest absolute Gasteiger partial charge is 0.495 e. The molecule has 0 bridgehead atoms. The molecule has 4 aromatic rings. The van der Waals surface area contributed by atoms with Crippen molar-refractivity contribution in [2.75, 3.05) is 12.4 Å². The summed E-state index contributed by atoms with van der Waals surface area (Å²) in [6, 6.07) is 7.09. The van der Waals surface area contributed by atoms with Crippen molar-refractivity contribution in [2.45, 2.75) is 18.9 Å². The van der Waals surface area contributed by atoms with Crippen LogP contribution in [-0.2, 0) is 4.79 Å². The SMILES string of the molecule is COc1cn(C(CC(F)F)C(=O)Nc2ccc(C(N)=O)c(F)c2)c(=O)cc1-c1cc(Cl)ccc1-n1cc(Cl)nn1. The molecule has 1 unspecified atom stereocenters. The van der Waals surface area contributed by atoms with Gasteiger partial charge < -0.3 is 15.8 Å². The van der Waals surface area contributed by atoms with Crippen LogP contribution < -0.4 is 21.3 Å². The van der Waals surface area contributed by atoms with Gasteiger partial charge in [0.05, 0.1) is 30.8 Å². The highest BCUT2D eigenvalue weighted by Crippen LogP contribution is 2.36. The number of aromatic nitrogens is 4. The lowest BCUT2D eigenvalue weighted by molar-refractivity contribution is -0.120. The summed E-state index contributed by atoms with van der Waals surface area (Å²) in [6.07, 6.45) is -1.50. The maximum absolute atomic E-state index is 14.2. The molecule has 0 aliphatic carbocycles. The molecule has 0 spiro atoms. The van der Waals surface area contributed by atoms with Gasteiger partial charge >= 0.3 is 0 Å². The summed E-state index contributed by atoms with van der Waals surface area (Å²) < 4.78 is 48.8. The quantitative estimate of drug-likeness (QED) is 0.293. The first kappa shape index (κ1) is 28.6. The van der Waals surface area contributed by atoms with E-state index in [1.165, 1.54) is 30.1 Å². The maximum atomic E-state index is 14.2. The first-order valence-corrected chi connectivity index (χ1v) is 12.1. The number of hydrogen-bond donors (Lipinski definition) is 2. The van der Waals surface area contributed by atoms with Gasteiger partial charge in [0.15, 0.2) is 5.15 Å². The Morgan fingerprint density at radius 1 is 1.10 bits per heavy atom. The molecular weight excluding hydrogens is 576 g/mol. The molecule has 2 amide bonds. The van der Waals surface area contributed by atoms with Crippen LogP contribution >= 0.6 is 23.2 Å². The summed E-state index contributed by atoms with van der Waals surface area (Å²) in [5.74, 6) is -3.05. The Hall–Kier alpha value is -4.36. The predicted molar refractivity (Wildman–Crippen MR) is 141 cm³/mol. The molecule has 10 nitrogen and oxygen atoms in total. The molecule has 0 aliphatic heterocycles. The van der Waals surface area contributed by atoms with Crippen molar-refractivity contribution < 1.29 is 27.5 Å². The van der Waals surface area contributed by atoms with Crippen molar-refractivity contribution in [1.82, 2.24) is 19.6 Å². The van der Waals surface area contributed by atoms with E-state index in [2.05, 4.69) is 15.6 Å². The number of nitrogens with two attached hydrogens (primary N) is 1. The third-order valence-electron chi connectivity index (χ3n) is 5.77. The first-order valence-electron chi connectivity index (χ1n) is 11.3. The van der Waals surface area contributed by atoms with Crippen molar-refractivity contribution in [1.29, 1.82) is 0 Å². The zero-order chi connectivity index (χ0) is 29.1. The molecule has 2 aromatic carbocycles. The number of carbonyl (C=O) groups excluding carboxylic acids is 2. The number of anilines is 1. The number of nitrogens with zero attached hydrogens (tertiary/aromatic N) is 4. The molecule has 0 fully saturated rings. The van der Waals surface area contributed by atoms with Crippen molar-refractivity contribution in [3.8, 4) is 22.6 Å². The van der Waals surface area contributed by atoms with Gasteiger partial charge in [0.2, 0.25) is 12.3 Å². The number of ether oxygens (including phenoxy) is 1. The summed E-state index contributed by atoms with van der Waals surface area (Å²) in [5.41, 5.74) is 4.69. The van der Waals surface area contributed by atoms with Crippen molar-refractivity contribution in [3.05, 3.63) is 86.8 Å². The van der Waals surface area contributed by atoms with Crippen LogP contribution in [0, 0.1) is 5.82 Å². The fraction of sp³-hybridized carbons (Fsp3) is 0.160. The van der Waals surface area contributed by atoms with E-state index in [0.29, 0.717) is 16.3 Å². The number of methoxy groups -OCH3 is 1. The molecule has 2 heterocycles. The third-order valence-corrected chi connectivity index (χ3v) is 6.18. The van der Waals surface area contributed by atoms with Crippen molar-refractivity contribution in [3.63, 3.8) is 0 Å². The average molecular weight is 595 g/mol. The minimum Gasteiger partial charge on any atom is -0.495 e. The van der Waals surface area contributed by atoms with Crippen LogP contribution in [-0.4, -0.2) is 44.9 Å². The van der Waals surface area contributed by atoms with Gasteiger partial charge in [-0.05, 0) is 36.4 Å². The number of benzene rings is 2. The number of rotatable bonds is 9. The van der Waals surface area contributed by atoms with E-state index in [1.807, 2.05) is 0 Å². The number of halogens is 5. The fourth-order valence-electron chi connectivity index (χ4n) is 3.96. The van der Waals surface area contributed by atoms with E-state index >= 15 is 0 Å². The molecule has 0 saturated carbocycles. The number of carbonyl (C=O) groups is 2. The van der Waals surface area contributed by atoms with E-state index in [9.17, 15) is 27.6 Å². The Morgan fingerprint density at radius 2 is 1.85 bits per heavy atom. The highest BCUT2D eigenvalue weighted by Gasteiger charge is 2.28. The number of nitrogens with one attached hydrogen (secondary N) is 1. The number of primary amides is 1. The summed E-state index contributed by atoms with van der Waals surface area (Å²) in [4.78, 5) is 37.6. The summed E-state index contributed by atoms with van der Waals surface area (Å²) in [7, 11) is 1.29. The molecule has 4 rings (SSSR count). The lowest BCUT2D eigenvalue weighted by atomic mass is 10.0. The molecule has 40 heavy (non-hydrogen) atoms. The highest BCUT2D eigenvalue weighted by molar-refractivity contribution is 6.31. The van der Waals surface area contributed by atoms with E-state index in [-0.39, 0.29) is 22.2 Å². The molecule has 2 aromatic heterocycles. The lowest BCUT2D eigenvalue weighted by Crippen LogP contribution is -2.34. The van der Waals surface area contributed by atoms with Crippen LogP contribution in [0.3, 0.4) is 0 Å². The summed E-state index contributed by atoms with van der Waals surface area (Å²) >= 11 is 12.1. The van der Waals surface area contributed by atoms with Gasteiger partial charge in [-0.1, -0.05) is 28.4 Å². The minimum absolute atomic E-state index is 0.0400. The van der Waals surface area contributed by atoms with Gasteiger partial charge in [0.25, 0.3) is 11.5 Å². The van der Waals surface area contributed by atoms with Gasteiger partial charge in [-0.2, -0.15) is 0 Å². The van der Waals surface area contributed by atoms with Crippen LogP contribution in [0.1, 0.15) is 22.8 Å². The second-order valence-electron chi connectivity index (χ2n) is 8.34. The Kier molecular flexibility index (Phi) is 8.45. The van der Waals surface area contributed by atoms with Crippen LogP contribution in [0.15, 0.2) is 59.7 Å². The molecule has 0 saturated heterocycles. The average Bonchev–Trinajstić information content (AvgIpc) is 3.32. The number of pyridine rings is 1. The maximum Gasteiger partial charge on any atom is 0.252 e. The summed E-state index contributed by atoms with van der Waals surface area (Å²) in [5, 5.41) is 10.4. The molecule has 1 atom stereocenters. The minimum atomic E-state index is -2.99. The lowest BCUT2D eigenvalue weighted by Gasteiger charge is -2.21. The zero-order valence-electron chi connectivity index (χ0n) is 20.4. The van der Waals surface area contributed by atoms with E-state index < -0.39 is 47.6 Å². The van der Waals surface area contributed by atoms with Gasteiger partial charge in [0.1, 0.15) is 17.6 Å². The fourth-order valence-corrected chi connectivity index (χ4v) is 4.26. The monoisotopic (exact) mass is 594 g/mol. The number of hydrogen-bond acceptors (Lipinski definition) is 6. The van der Waals surface area contributed by atoms with Crippen LogP contribution in [0.4, 0.5) is 18.9 Å². The Bertz CT molecular complexity index is 1660. The predicted octanol–water partition coefficient (Wildman–Crippen LogP) is 4.48. The van der Waals surface area contributed by atoms with Crippen molar-refractivity contribution in [2.24, 2.45) is 5.73 Å². The van der Waals surface area contributed by atoms with Crippen LogP contribution in [0.25, 0.3) is 16.8 Å². The number of alkyl halides is 2. The van der Waals surface area contributed by atoms with E-state index in [4.69, 9.17) is 33.7 Å². The Morgan fingerprint density at radius 3 is 2.45 bits per heavy atom. The van der Waals surface area contributed by atoms with Gasteiger partial charge in [-0.25, -0.2) is 17.9 Å². The summed E-state index contributed by atoms with van der Waals surface area (Å²) in [6.45, 7) is 0. The standard InChI is InChI=1S/C25H19Cl2F3N6O4/c1-40-20-10-35(19(9-22(29)30)25(39)32-13-3-4-14(24(31)38)17(28)7-13)23(37)8-16(20)15-6-12(26)2-5-18(15)36-11-21(27)33-34-36/h2-8,10-11,19,22H,9H2,1H3,(H2,31,38)(H,32,39). The second kappa shape index (κ2) is 11.8. The molecule has 3 N–H and O–H groups in total. The Balaban J connectivity index is 1.77. The number of amides is 2. The van der Waals surface area contributed by atoms with Crippen molar-refractivity contribution >= 4 is 40.7 Å². The zero-order valence-corrected chi connectivity index (χ0v) is 22.0. The van der Waals surface area contributed by atoms with Gasteiger partial charge in [-0.3, -0.25) is 19.0 Å².